The van der Waals surface area contributed by atoms with Gasteiger partial charge < -0.3 is 9.80 Å². The first-order valence-electron chi connectivity index (χ1n) is 10.5. The zero-order valence-electron chi connectivity index (χ0n) is 17.6. The maximum absolute atomic E-state index is 13.5. The van der Waals surface area contributed by atoms with Crippen molar-refractivity contribution < 1.29 is 19.2 Å². The van der Waals surface area contributed by atoms with Crippen LogP contribution in [0.2, 0.25) is 0 Å². The highest BCUT2D eigenvalue weighted by molar-refractivity contribution is 6.12. The van der Waals surface area contributed by atoms with Crippen LogP contribution in [0.4, 0.5) is 0 Å². The van der Waals surface area contributed by atoms with Crippen molar-refractivity contribution in [1.82, 2.24) is 14.7 Å². The van der Waals surface area contributed by atoms with Gasteiger partial charge in [-0.25, -0.2) is 0 Å². The molecule has 3 heterocycles. The number of hydrogen-bond donors (Lipinski definition) is 0. The average Bonchev–Trinajstić information content (AvgIpc) is 3.15. The van der Waals surface area contributed by atoms with Gasteiger partial charge in [0, 0.05) is 13.6 Å². The topological polar surface area (TPSA) is 78.0 Å². The number of likely N-dealkylation sites (tertiary alicyclic amines) is 1. The number of carbonyl (C=O) groups is 4. The van der Waals surface area contributed by atoms with Crippen molar-refractivity contribution in [2.45, 2.75) is 38.3 Å². The number of benzene rings is 1. The molecule has 158 valence electrons. The van der Waals surface area contributed by atoms with E-state index in [-0.39, 0.29) is 30.2 Å². The summed E-state index contributed by atoms with van der Waals surface area (Å²) in [6.45, 7) is 4.14. The SMILES string of the molecule is CCCCN1CC(=O)N2[C@H](/C=C/c3ccccc3)[C@@H]3C(=O)N(C)C(=O)[C@@H]3[C@]2(C)C1=O. The summed E-state index contributed by atoms with van der Waals surface area (Å²) in [4.78, 5) is 56.9. The monoisotopic (exact) mass is 409 g/mol. The molecule has 4 amide bonds. The summed E-state index contributed by atoms with van der Waals surface area (Å²) in [5.74, 6) is -2.77. The van der Waals surface area contributed by atoms with Gasteiger partial charge in [0.05, 0.1) is 24.4 Å². The fourth-order valence-electron chi connectivity index (χ4n) is 5.19. The lowest BCUT2D eigenvalue weighted by atomic mass is 9.79. The van der Waals surface area contributed by atoms with Crippen LogP contribution in [0.25, 0.3) is 6.08 Å². The van der Waals surface area contributed by atoms with Crippen molar-refractivity contribution in [2.24, 2.45) is 11.8 Å². The highest BCUT2D eigenvalue weighted by Crippen LogP contribution is 2.51. The Morgan fingerprint density at radius 1 is 1.10 bits per heavy atom. The minimum absolute atomic E-state index is 0.0121. The molecule has 3 aliphatic rings. The van der Waals surface area contributed by atoms with Gasteiger partial charge in [0.2, 0.25) is 23.6 Å². The lowest BCUT2D eigenvalue weighted by molar-refractivity contribution is -0.166. The van der Waals surface area contributed by atoms with E-state index < -0.39 is 23.4 Å². The van der Waals surface area contributed by atoms with Crippen LogP contribution in [0, 0.1) is 11.8 Å². The Bertz CT molecular complexity index is 928. The molecule has 0 bridgehead atoms. The number of fused-ring (bicyclic) bond motifs is 3. The quantitative estimate of drug-likeness (QED) is 0.692. The van der Waals surface area contributed by atoms with E-state index in [4.69, 9.17) is 0 Å². The minimum atomic E-state index is -1.35. The Hall–Kier alpha value is -2.96. The van der Waals surface area contributed by atoms with E-state index in [0.717, 1.165) is 23.3 Å². The van der Waals surface area contributed by atoms with E-state index in [1.807, 2.05) is 43.3 Å². The zero-order chi connectivity index (χ0) is 21.6. The van der Waals surface area contributed by atoms with Crippen molar-refractivity contribution in [3.8, 4) is 0 Å². The molecule has 3 saturated heterocycles. The summed E-state index contributed by atoms with van der Waals surface area (Å²) >= 11 is 0. The van der Waals surface area contributed by atoms with Crippen LogP contribution >= 0.6 is 0 Å². The molecule has 1 aromatic rings. The molecule has 0 N–H and O–H groups in total. The maximum Gasteiger partial charge on any atom is 0.249 e. The van der Waals surface area contributed by atoms with Crippen LogP contribution in [0.15, 0.2) is 36.4 Å². The fourth-order valence-corrected chi connectivity index (χ4v) is 5.19. The van der Waals surface area contributed by atoms with Gasteiger partial charge in [-0.2, -0.15) is 0 Å². The van der Waals surface area contributed by atoms with Crippen molar-refractivity contribution in [2.75, 3.05) is 20.1 Å². The van der Waals surface area contributed by atoms with E-state index >= 15 is 0 Å². The summed E-state index contributed by atoms with van der Waals surface area (Å²) in [5, 5.41) is 0. The number of imide groups is 1. The van der Waals surface area contributed by atoms with Gasteiger partial charge in [-0.3, -0.25) is 24.1 Å². The molecule has 30 heavy (non-hydrogen) atoms. The second-order valence-electron chi connectivity index (χ2n) is 8.49. The van der Waals surface area contributed by atoms with E-state index in [2.05, 4.69) is 0 Å². The number of hydrogen-bond acceptors (Lipinski definition) is 4. The predicted molar refractivity (Wildman–Crippen MR) is 111 cm³/mol. The number of carbonyl (C=O) groups excluding carboxylic acids is 4. The molecule has 3 aliphatic heterocycles. The van der Waals surface area contributed by atoms with Gasteiger partial charge in [0.15, 0.2) is 0 Å². The van der Waals surface area contributed by atoms with Gasteiger partial charge in [-0.1, -0.05) is 55.8 Å². The lowest BCUT2D eigenvalue weighted by Gasteiger charge is -2.46. The second-order valence-corrected chi connectivity index (χ2v) is 8.49. The third kappa shape index (κ3) is 2.79. The van der Waals surface area contributed by atoms with Gasteiger partial charge in [-0.15, -0.1) is 0 Å². The molecule has 0 aliphatic carbocycles. The van der Waals surface area contributed by atoms with Crippen LogP contribution < -0.4 is 0 Å². The third-order valence-electron chi connectivity index (χ3n) is 6.73. The highest BCUT2D eigenvalue weighted by Gasteiger charge is 2.71. The van der Waals surface area contributed by atoms with E-state index in [0.29, 0.717) is 6.54 Å². The number of unbranched alkanes of at least 4 members (excludes halogenated alkanes) is 1. The first-order chi connectivity index (χ1) is 14.3. The standard InChI is InChI=1S/C23H27N3O4/c1-4-5-13-25-14-17(27)26-16(12-11-15-9-7-6-8-10-15)18-19(23(26,2)22(25)30)21(29)24(3)20(18)28/h6-12,16,18-19H,4-5,13-14H2,1-3H3/b12-11+/t16-,18+,19-,23-/m1/s1. The van der Waals surface area contributed by atoms with Crippen LogP contribution in [0.1, 0.15) is 32.3 Å². The highest BCUT2D eigenvalue weighted by atomic mass is 16.2. The lowest BCUT2D eigenvalue weighted by Crippen LogP contribution is -2.68. The summed E-state index contributed by atoms with van der Waals surface area (Å²) in [6.07, 6.45) is 5.33. The number of amides is 4. The Labute approximate surface area is 176 Å². The zero-order valence-corrected chi connectivity index (χ0v) is 17.6. The largest absolute Gasteiger partial charge is 0.331 e. The molecule has 4 atom stereocenters. The van der Waals surface area contributed by atoms with E-state index in [9.17, 15) is 19.2 Å². The van der Waals surface area contributed by atoms with Crippen molar-refractivity contribution in [1.29, 1.82) is 0 Å². The molecule has 0 aromatic heterocycles. The Balaban J connectivity index is 1.78. The molecule has 7 heteroatoms. The molecular weight excluding hydrogens is 382 g/mol. The van der Waals surface area contributed by atoms with E-state index in [1.54, 1.807) is 17.9 Å². The Morgan fingerprint density at radius 3 is 2.47 bits per heavy atom. The molecule has 7 nitrogen and oxygen atoms in total. The van der Waals surface area contributed by atoms with Crippen LogP contribution in [-0.2, 0) is 19.2 Å². The maximum atomic E-state index is 13.5. The first kappa shape index (κ1) is 20.3. The summed E-state index contributed by atoms with van der Waals surface area (Å²) in [5.41, 5.74) is -0.426. The molecule has 3 fully saturated rings. The first-order valence-corrected chi connectivity index (χ1v) is 10.5. The predicted octanol–water partition coefficient (Wildman–Crippen LogP) is 1.54. The van der Waals surface area contributed by atoms with Gasteiger partial charge in [0.1, 0.15) is 5.54 Å². The van der Waals surface area contributed by atoms with Crippen molar-refractivity contribution >= 4 is 29.7 Å². The number of piperazine rings is 1. The van der Waals surface area contributed by atoms with Gasteiger partial charge in [0.25, 0.3) is 0 Å². The van der Waals surface area contributed by atoms with Crippen LogP contribution in [-0.4, -0.2) is 70.0 Å². The van der Waals surface area contributed by atoms with Gasteiger partial charge >= 0.3 is 0 Å². The average molecular weight is 409 g/mol. The molecule has 4 rings (SSSR count). The number of nitrogens with zero attached hydrogens (tertiary/aromatic N) is 3. The van der Waals surface area contributed by atoms with Crippen molar-refractivity contribution in [3.05, 3.63) is 42.0 Å². The number of rotatable bonds is 5. The normalized spacial score (nSPS) is 31.2. The van der Waals surface area contributed by atoms with E-state index in [1.165, 1.54) is 11.9 Å². The Kier molecular flexibility index (Phi) is 5.00. The summed E-state index contributed by atoms with van der Waals surface area (Å²) < 4.78 is 0. The molecule has 0 unspecified atom stereocenters. The molecule has 1 aromatic carbocycles. The molecule has 0 spiro atoms. The van der Waals surface area contributed by atoms with Gasteiger partial charge in [-0.05, 0) is 18.9 Å². The van der Waals surface area contributed by atoms with Crippen molar-refractivity contribution in [3.63, 3.8) is 0 Å². The summed E-state index contributed by atoms with van der Waals surface area (Å²) in [7, 11) is 1.46. The molecule has 0 radical (unpaired) electrons. The van der Waals surface area contributed by atoms with Crippen LogP contribution in [0.3, 0.4) is 0 Å². The Morgan fingerprint density at radius 2 is 1.80 bits per heavy atom. The second kappa shape index (κ2) is 7.38. The fraction of sp³-hybridized carbons (Fsp3) is 0.478. The van der Waals surface area contributed by atoms with Crippen LogP contribution in [0.5, 0.6) is 0 Å². The summed E-state index contributed by atoms with van der Waals surface area (Å²) in [6, 6.07) is 8.93. The smallest absolute Gasteiger partial charge is 0.249 e. The third-order valence-corrected chi connectivity index (χ3v) is 6.73. The minimum Gasteiger partial charge on any atom is -0.331 e. The molecular formula is C23H27N3O4. The molecule has 0 saturated carbocycles.